The Hall–Kier alpha value is -1.57. The number of hydrogen-bond acceptors (Lipinski definition) is 2. The van der Waals surface area contributed by atoms with Gasteiger partial charge in [-0.05, 0) is 42.2 Å². The SMILES string of the molecule is CC1(C)[C@H]2CC=C(CCOC(=O)c3ccccc3)[C@@H]1C2. The van der Waals surface area contributed by atoms with E-state index in [0.717, 1.165) is 12.3 Å². The second kappa shape index (κ2) is 5.08. The van der Waals surface area contributed by atoms with E-state index >= 15 is 0 Å². The lowest BCUT2D eigenvalue weighted by atomic mass is 9.48. The third-order valence-electron chi connectivity index (χ3n) is 5.22. The zero-order valence-electron chi connectivity index (χ0n) is 12.3. The predicted octanol–water partition coefficient (Wildman–Crippen LogP) is 4.23. The minimum absolute atomic E-state index is 0.215. The maximum atomic E-state index is 11.9. The number of esters is 1. The van der Waals surface area contributed by atoms with Gasteiger partial charge in [0.1, 0.15) is 0 Å². The van der Waals surface area contributed by atoms with Crippen LogP contribution in [-0.2, 0) is 4.74 Å². The smallest absolute Gasteiger partial charge is 0.338 e. The molecular formula is C18H22O2. The molecule has 0 spiro atoms. The van der Waals surface area contributed by atoms with Gasteiger partial charge in [-0.3, -0.25) is 0 Å². The summed E-state index contributed by atoms with van der Waals surface area (Å²) < 4.78 is 5.38. The highest BCUT2D eigenvalue weighted by Crippen LogP contribution is 2.59. The lowest BCUT2D eigenvalue weighted by molar-refractivity contribution is -0.0103. The topological polar surface area (TPSA) is 26.3 Å². The third kappa shape index (κ3) is 2.28. The number of ether oxygens (including phenoxy) is 1. The third-order valence-corrected chi connectivity index (χ3v) is 5.22. The summed E-state index contributed by atoms with van der Waals surface area (Å²) >= 11 is 0. The molecule has 3 aliphatic rings. The average molecular weight is 270 g/mol. The van der Waals surface area contributed by atoms with Gasteiger partial charge in [-0.15, -0.1) is 0 Å². The van der Waals surface area contributed by atoms with Crippen molar-refractivity contribution in [3.05, 3.63) is 47.5 Å². The average Bonchev–Trinajstić information content (AvgIpc) is 2.48. The molecule has 106 valence electrons. The van der Waals surface area contributed by atoms with E-state index in [1.807, 2.05) is 18.2 Å². The first kappa shape index (κ1) is 13.4. The highest BCUT2D eigenvalue weighted by Gasteiger charge is 2.50. The largest absolute Gasteiger partial charge is 0.462 e. The Bertz CT molecular complexity index is 528. The van der Waals surface area contributed by atoms with Crippen molar-refractivity contribution in [3.8, 4) is 0 Å². The van der Waals surface area contributed by atoms with Crippen LogP contribution in [-0.4, -0.2) is 12.6 Å². The van der Waals surface area contributed by atoms with Crippen molar-refractivity contribution in [1.29, 1.82) is 0 Å². The standard InChI is InChI=1S/C18H22O2/c1-18(2)15-9-8-13(16(18)12-15)10-11-20-17(19)14-6-4-3-5-7-14/h3-8,15-16H,9-12H2,1-2H3/t15-,16-/m0/s1. The molecule has 0 unspecified atom stereocenters. The van der Waals surface area contributed by atoms with E-state index in [-0.39, 0.29) is 5.97 Å². The second-order valence-electron chi connectivity index (χ2n) is 6.57. The molecule has 4 rings (SSSR count). The summed E-state index contributed by atoms with van der Waals surface area (Å²) in [6, 6.07) is 9.21. The maximum Gasteiger partial charge on any atom is 0.338 e. The van der Waals surface area contributed by atoms with Crippen molar-refractivity contribution in [2.24, 2.45) is 17.3 Å². The summed E-state index contributed by atoms with van der Waals surface area (Å²) in [5, 5.41) is 0. The molecule has 1 saturated carbocycles. The summed E-state index contributed by atoms with van der Waals surface area (Å²) in [6.07, 6.45) is 5.79. The van der Waals surface area contributed by atoms with E-state index in [9.17, 15) is 4.79 Å². The summed E-state index contributed by atoms with van der Waals surface area (Å²) in [4.78, 5) is 11.9. The Morgan fingerprint density at radius 1 is 1.30 bits per heavy atom. The van der Waals surface area contributed by atoms with Gasteiger partial charge in [-0.25, -0.2) is 4.79 Å². The first-order chi connectivity index (χ1) is 9.59. The summed E-state index contributed by atoms with van der Waals surface area (Å²) in [7, 11) is 0. The fourth-order valence-electron chi connectivity index (χ4n) is 3.68. The van der Waals surface area contributed by atoms with Gasteiger partial charge in [-0.1, -0.05) is 43.7 Å². The lowest BCUT2D eigenvalue weighted by Crippen LogP contribution is -2.48. The first-order valence-electron chi connectivity index (χ1n) is 7.50. The normalized spacial score (nSPS) is 26.4. The molecule has 0 saturated heterocycles. The van der Waals surface area contributed by atoms with Gasteiger partial charge in [0, 0.05) is 6.42 Å². The number of fused-ring (bicyclic) bond motifs is 1. The van der Waals surface area contributed by atoms with Crippen molar-refractivity contribution < 1.29 is 9.53 Å². The maximum absolute atomic E-state index is 11.9. The Morgan fingerprint density at radius 2 is 2.05 bits per heavy atom. The Balaban J connectivity index is 1.52. The molecule has 1 aromatic rings. The van der Waals surface area contributed by atoms with Crippen LogP contribution in [0, 0.1) is 17.3 Å². The van der Waals surface area contributed by atoms with E-state index in [4.69, 9.17) is 4.74 Å². The zero-order chi connectivity index (χ0) is 14.2. The lowest BCUT2D eigenvalue weighted by Gasteiger charge is -2.56. The van der Waals surface area contributed by atoms with Gasteiger partial charge in [0.25, 0.3) is 0 Å². The molecule has 2 nitrogen and oxygen atoms in total. The van der Waals surface area contributed by atoms with Gasteiger partial charge in [0.2, 0.25) is 0 Å². The fourth-order valence-corrected chi connectivity index (χ4v) is 3.68. The van der Waals surface area contributed by atoms with E-state index in [0.29, 0.717) is 23.5 Å². The Labute approximate surface area is 120 Å². The second-order valence-corrected chi connectivity index (χ2v) is 6.57. The van der Waals surface area contributed by atoms with Gasteiger partial charge in [0.15, 0.2) is 0 Å². The quantitative estimate of drug-likeness (QED) is 0.604. The van der Waals surface area contributed by atoms with Crippen LogP contribution in [0.1, 0.15) is 43.5 Å². The van der Waals surface area contributed by atoms with E-state index in [1.165, 1.54) is 18.4 Å². The number of rotatable bonds is 4. The van der Waals surface area contributed by atoms with Crippen LogP contribution >= 0.6 is 0 Å². The molecule has 1 fully saturated rings. The predicted molar refractivity (Wildman–Crippen MR) is 79.4 cm³/mol. The molecule has 0 radical (unpaired) electrons. The summed E-state index contributed by atoms with van der Waals surface area (Å²) in [5.41, 5.74) is 2.58. The van der Waals surface area contributed by atoms with Crippen LogP contribution in [0.4, 0.5) is 0 Å². The highest BCUT2D eigenvalue weighted by atomic mass is 16.5. The molecule has 3 aliphatic carbocycles. The minimum atomic E-state index is -0.215. The molecule has 20 heavy (non-hydrogen) atoms. The van der Waals surface area contributed by atoms with E-state index in [2.05, 4.69) is 19.9 Å². The zero-order valence-corrected chi connectivity index (χ0v) is 12.3. The van der Waals surface area contributed by atoms with Crippen LogP contribution in [0.3, 0.4) is 0 Å². The monoisotopic (exact) mass is 270 g/mol. The number of benzene rings is 1. The van der Waals surface area contributed by atoms with Gasteiger partial charge < -0.3 is 4.74 Å². The van der Waals surface area contributed by atoms with E-state index in [1.54, 1.807) is 12.1 Å². The fraction of sp³-hybridized carbons (Fsp3) is 0.500. The molecule has 0 heterocycles. The number of hydrogen-bond donors (Lipinski definition) is 0. The molecule has 0 amide bonds. The molecular weight excluding hydrogens is 248 g/mol. The van der Waals surface area contributed by atoms with Gasteiger partial charge in [-0.2, -0.15) is 0 Å². The molecule has 0 aliphatic heterocycles. The van der Waals surface area contributed by atoms with Crippen molar-refractivity contribution in [2.75, 3.05) is 6.61 Å². The summed E-state index contributed by atoms with van der Waals surface area (Å²) in [6.45, 7) is 5.24. The van der Waals surface area contributed by atoms with Crippen molar-refractivity contribution >= 4 is 5.97 Å². The molecule has 2 bridgehead atoms. The number of carbonyl (C=O) groups is 1. The van der Waals surface area contributed by atoms with Gasteiger partial charge in [0.05, 0.1) is 12.2 Å². The Morgan fingerprint density at radius 3 is 2.70 bits per heavy atom. The van der Waals surface area contributed by atoms with Crippen LogP contribution < -0.4 is 0 Å². The molecule has 0 aromatic heterocycles. The molecule has 0 N–H and O–H groups in total. The Kier molecular flexibility index (Phi) is 3.41. The van der Waals surface area contributed by atoms with Crippen LogP contribution in [0.2, 0.25) is 0 Å². The minimum Gasteiger partial charge on any atom is -0.462 e. The van der Waals surface area contributed by atoms with Gasteiger partial charge >= 0.3 is 5.97 Å². The van der Waals surface area contributed by atoms with Crippen molar-refractivity contribution in [3.63, 3.8) is 0 Å². The molecule has 1 aromatic carbocycles. The summed E-state index contributed by atoms with van der Waals surface area (Å²) in [5.74, 6) is 1.35. The molecule has 2 atom stereocenters. The van der Waals surface area contributed by atoms with Crippen LogP contribution in [0.5, 0.6) is 0 Å². The van der Waals surface area contributed by atoms with E-state index < -0.39 is 0 Å². The van der Waals surface area contributed by atoms with Crippen LogP contribution in [0.15, 0.2) is 42.0 Å². The number of allylic oxidation sites excluding steroid dienone is 1. The van der Waals surface area contributed by atoms with Crippen molar-refractivity contribution in [1.82, 2.24) is 0 Å². The van der Waals surface area contributed by atoms with Crippen molar-refractivity contribution in [2.45, 2.75) is 33.1 Å². The number of carbonyl (C=O) groups excluding carboxylic acids is 1. The molecule has 2 heteroatoms. The van der Waals surface area contributed by atoms with Crippen LogP contribution in [0.25, 0.3) is 0 Å². The first-order valence-corrected chi connectivity index (χ1v) is 7.50. The highest BCUT2D eigenvalue weighted by molar-refractivity contribution is 5.89.